The van der Waals surface area contributed by atoms with E-state index in [9.17, 15) is 5.26 Å². The van der Waals surface area contributed by atoms with Gasteiger partial charge in [0.2, 0.25) is 11.8 Å². The molecule has 0 amide bonds. The molecule has 1 saturated heterocycles. The van der Waals surface area contributed by atoms with Crippen LogP contribution < -0.4 is 5.32 Å². The Morgan fingerprint density at radius 2 is 1.64 bits per heavy atom. The van der Waals surface area contributed by atoms with Crippen LogP contribution in [0.2, 0.25) is 0 Å². The molecule has 124 valence electrons. The van der Waals surface area contributed by atoms with Crippen molar-refractivity contribution in [1.82, 2.24) is 5.32 Å². The van der Waals surface area contributed by atoms with E-state index in [-0.39, 0.29) is 0 Å². The predicted molar refractivity (Wildman–Crippen MR) is 93.6 cm³/mol. The highest BCUT2D eigenvalue weighted by atomic mass is 16.5. The van der Waals surface area contributed by atoms with Crippen LogP contribution in [0.3, 0.4) is 0 Å². The highest BCUT2D eigenvalue weighted by molar-refractivity contribution is 5.98. The van der Waals surface area contributed by atoms with Gasteiger partial charge in [-0.1, -0.05) is 60.7 Å². The van der Waals surface area contributed by atoms with E-state index < -0.39 is 5.54 Å². The Bertz CT molecular complexity index is 827. The SMILES string of the molecule is N#C/C(C1=NCCO1)=C1/NC(c2ccccc2)(c2ccccc2)CO1. The van der Waals surface area contributed by atoms with Gasteiger partial charge < -0.3 is 14.8 Å². The Labute approximate surface area is 146 Å². The molecule has 0 spiro atoms. The molecule has 2 aromatic rings. The minimum atomic E-state index is -0.556. The van der Waals surface area contributed by atoms with E-state index in [4.69, 9.17) is 9.47 Å². The van der Waals surface area contributed by atoms with Gasteiger partial charge >= 0.3 is 0 Å². The summed E-state index contributed by atoms with van der Waals surface area (Å²) in [6.45, 7) is 1.45. The van der Waals surface area contributed by atoms with Crippen molar-refractivity contribution in [2.75, 3.05) is 19.8 Å². The van der Waals surface area contributed by atoms with Crippen molar-refractivity contribution >= 4 is 5.90 Å². The van der Waals surface area contributed by atoms with E-state index in [0.29, 0.717) is 37.1 Å². The Balaban J connectivity index is 1.81. The van der Waals surface area contributed by atoms with Crippen molar-refractivity contribution in [2.45, 2.75) is 5.54 Å². The largest absolute Gasteiger partial charge is 0.475 e. The maximum atomic E-state index is 9.57. The number of rotatable bonds is 3. The third-order valence-electron chi connectivity index (χ3n) is 4.43. The zero-order valence-corrected chi connectivity index (χ0v) is 13.6. The monoisotopic (exact) mass is 331 g/mol. The van der Waals surface area contributed by atoms with Gasteiger partial charge in [0.1, 0.15) is 24.8 Å². The molecule has 1 fully saturated rings. The zero-order chi connectivity index (χ0) is 17.1. The van der Waals surface area contributed by atoms with Crippen molar-refractivity contribution in [3.05, 3.63) is 83.2 Å². The number of hydrogen-bond donors (Lipinski definition) is 1. The molecular formula is C20H17N3O2. The van der Waals surface area contributed by atoms with E-state index in [2.05, 4.69) is 40.6 Å². The maximum absolute atomic E-state index is 9.57. The number of aliphatic imine (C=N–C) groups is 1. The fraction of sp³-hybridized carbons (Fsp3) is 0.200. The van der Waals surface area contributed by atoms with Crippen LogP contribution in [-0.4, -0.2) is 25.7 Å². The Morgan fingerprint density at radius 3 is 2.16 bits per heavy atom. The van der Waals surface area contributed by atoms with E-state index >= 15 is 0 Å². The first-order chi connectivity index (χ1) is 12.3. The second-order valence-corrected chi connectivity index (χ2v) is 5.90. The number of hydrogen-bond acceptors (Lipinski definition) is 5. The summed E-state index contributed by atoms with van der Waals surface area (Å²) in [5, 5.41) is 13.0. The van der Waals surface area contributed by atoms with E-state index in [1.165, 1.54) is 0 Å². The van der Waals surface area contributed by atoms with Gasteiger partial charge in [0.15, 0.2) is 5.57 Å². The van der Waals surface area contributed by atoms with Gasteiger partial charge in [-0.15, -0.1) is 0 Å². The van der Waals surface area contributed by atoms with Gasteiger partial charge in [0.05, 0.1) is 6.54 Å². The molecule has 2 aliphatic heterocycles. The smallest absolute Gasteiger partial charge is 0.232 e. The van der Waals surface area contributed by atoms with E-state index in [0.717, 1.165) is 11.1 Å². The fourth-order valence-corrected chi connectivity index (χ4v) is 3.19. The first-order valence-corrected chi connectivity index (χ1v) is 8.17. The maximum Gasteiger partial charge on any atom is 0.232 e. The molecule has 4 rings (SSSR count). The van der Waals surface area contributed by atoms with Crippen molar-refractivity contribution in [2.24, 2.45) is 4.99 Å². The van der Waals surface area contributed by atoms with E-state index in [1.807, 2.05) is 36.4 Å². The molecule has 1 N–H and O–H groups in total. The molecule has 5 nitrogen and oxygen atoms in total. The fourth-order valence-electron chi connectivity index (χ4n) is 3.19. The lowest BCUT2D eigenvalue weighted by atomic mass is 9.84. The van der Waals surface area contributed by atoms with Crippen LogP contribution in [0.4, 0.5) is 0 Å². The molecule has 25 heavy (non-hydrogen) atoms. The second kappa shape index (κ2) is 6.33. The lowest BCUT2D eigenvalue weighted by Gasteiger charge is -2.28. The quantitative estimate of drug-likeness (QED) is 0.878. The summed E-state index contributed by atoms with van der Waals surface area (Å²) in [6, 6.07) is 22.4. The van der Waals surface area contributed by atoms with Crippen LogP contribution in [0.5, 0.6) is 0 Å². The second-order valence-electron chi connectivity index (χ2n) is 5.90. The number of ether oxygens (including phenoxy) is 2. The highest BCUT2D eigenvalue weighted by Gasteiger charge is 2.42. The van der Waals surface area contributed by atoms with Gasteiger partial charge in [-0.05, 0) is 11.1 Å². The molecule has 0 radical (unpaired) electrons. The zero-order valence-electron chi connectivity index (χ0n) is 13.6. The minimum Gasteiger partial charge on any atom is -0.475 e. The van der Waals surface area contributed by atoms with Crippen LogP contribution in [0.25, 0.3) is 0 Å². The molecule has 0 aromatic heterocycles. The summed E-state index contributed by atoms with van der Waals surface area (Å²) in [5.74, 6) is 0.762. The van der Waals surface area contributed by atoms with E-state index in [1.54, 1.807) is 0 Å². The number of nitriles is 1. The van der Waals surface area contributed by atoms with Crippen LogP contribution in [-0.2, 0) is 15.0 Å². The summed E-state index contributed by atoms with van der Waals surface area (Å²) < 4.78 is 11.4. The molecule has 0 aliphatic carbocycles. The summed E-state index contributed by atoms with van der Waals surface area (Å²) in [7, 11) is 0. The van der Waals surface area contributed by atoms with Crippen LogP contribution in [0.1, 0.15) is 11.1 Å². The molecular weight excluding hydrogens is 314 g/mol. The van der Waals surface area contributed by atoms with Gasteiger partial charge in [-0.3, -0.25) is 0 Å². The minimum absolute atomic E-state index is 0.311. The molecule has 5 heteroatoms. The molecule has 2 aromatic carbocycles. The van der Waals surface area contributed by atoms with Crippen molar-refractivity contribution in [1.29, 1.82) is 5.26 Å². The lowest BCUT2D eigenvalue weighted by Crippen LogP contribution is -2.40. The molecule has 2 heterocycles. The predicted octanol–water partition coefficient (Wildman–Crippen LogP) is 2.71. The molecule has 0 saturated carbocycles. The normalized spacial score (nSPS) is 19.9. The molecule has 2 aliphatic rings. The van der Waals surface area contributed by atoms with Crippen LogP contribution >= 0.6 is 0 Å². The van der Waals surface area contributed by atoms with Crippen molar-refractivity contribution in [3.8, 4) is 6.07 Å². The summed E-state index contributed by atoms with van der Waals surface area (Å²) in [6.07, 6.45) is 0. The summed E-state index contributed by atoms with van der Waals surface area (Å²) >= 11 is 0. The van der Waals surface area contributed by atoms with Gasteiger partial charge in [-0.25, -0.2) is 4.99 Å². The van der Waals surface area contributed by atoms with Crippen molar-refractivity contribution in [3.63, 3.8) is 0 Å². The summed E-state index contributed by atoms with van der Waals surface area (Å²) in [4.78, 5) is 4.24. The average molecular weight is 331 g/mol. The third kappa shape index (κ3) is 2.62. The first-order valence-electron chi connectivity index (χ1n) is 8.17. The number of benzene rings is 2. The Kier molecular flexibility index (Phi) is 3.87. The number of nitrogens with one attached hydrogen (secondary N) is 1. The van der Waals surface area contributed by atoms with Crippen molar-refractivity contribution < 1.29 is 9.47 Å². The van der Waals surface area contributed by atoms with Gasteiger partial charge in [0.25, 0.3) is 0 Å². The van der Waals surface area contributed by atoms with Crippen LogP contribution in [0, 0.1) is 11.3 Å². The number of nitrogens with zero attached hydrogens (tertiary/aromatic N) is 2. The standard InChI is InChI=1S/C20H17N3O2/c21-13-17(18-22-11-12-24-18)19-23-20(14-25-19,15-7-3-1-4-8-15)16-9-5-2-6-10-16/h1-10,23H,11-12,14H2/b19-17+. The third-order valence-corrected chi connectivity index (χ3v) is 4.43. The molecule has 0 atom stereocenters. The first kappa shape index (κ1) is 15.3. The highest BCUT2D eigenvalue weighted by Crippen LogP contribution is 2.36. The summed E-state index contributed by atoms with van der Waals surface area (Å²) in [5.41, 5.74) is 1.90. The topological polar surface area (TPSA) is 66.6 Å². The Hall–Kier alpha value is -3.26. The van der Waals surface area contributed by atoms with Gasteiger partial charge in [0, 0.05) is 0 Å². The molecule has 0 unspecified atom stereocenters. The average Bonchev–Trinajstić information content (AvgIpc) is 3.35. The van der Waals surface area contributed by atoms with Crippen LogP contribution in [0.15, 0.2) is 77.1 Å². The lowest BCUT2D eigenvalue weighted by molar-refractivity contribution is 0.236. The Morgan fingerprint density at radius 1 is 1.00 bits per heavy atom. The molecule has 0 bridgehead atoms. The van der Waals surface area contributed by atoms with Gasteiger partial charge in [-0.2, -0.15) is 5.26 Å².